The Bertz CT molecular complexity index is 498. The number of aryl methyl sites for hydroxylation is 1. The summed E-state index contributed by atoms with van der Waals surface area (Å²) in [5.41, 5.74) is 1.30. The lowest BCUT2D eigenvalue weighted by molar-refractivity contribution is -0.146. The molecule has 2 nitrogen and oxygen atoms in total. The van der Waals surface area contributed by atoms with Crippen molar-refractivity contribution >= 4 is 17.2 Å². The van der Waals surface area contributed by atoms with Crippen LogP contribution < -0.4 is 5.32 Å². The average Bonchev–Trinajstić information content (AvgIpc) is 2.80. The van der Waals surface area contributed by atoms with Crippen LogP contribution in [0.15, 0.2) is 11.4 Å². The molecule has 4 aliphatic rings. The number of thiophene rings is 1. The van der Waals surface area contributed by atoms with Crippen molar-refractivity contribution in [3.63, 3.8) is 0 Å². The molecular weight excluding hydrogens is 266 g/mol. The molecule has 0 radical (unpaired) electrons. The first-order valence-corrected chi connectivity index (χ1v) is 8.83. The number of hydrogen-bond donors (Lipinski definition) is 1. The molecule has 1 amide bonds. The Morgan fingerprint density at radius 1 is 1.25 bits per heavy atom. The second-order valence-corrected chi connectivity index (χ2v) is 8.47. The van der Waals surface area contributed by atoms with E-state index in [1.807, 2.05) is 0 Å². The van der Waals surface area contributed by atoms with Crippen LogP contribution in [-0.2, 0) is 11.3 Å². The van der Waals surface area contributed by atoms with Crippen molar-refractivity contribution in [2.24, 2.45) is 23.2 Å². The van der Waals surface area contributed by atoms with Gasteiger partial charge in [-0.2, -0.15) is 0 Å². The lowest BCUT2D eigenvalue weighted by Crippen LogP contribution is -2.53. The first kappa shape index (κ1) is 12.9. The minimum Gasteiger partial charge on any atom is -0.351 e. The fourth-order valence-corrected chi connectivity index (χ4v) is 6.14. The molecule has 0 atom stereocenters. The zero-order valence-corrected chi connectivity index (χ0v) is 13.0. The molecule has 0 spiro atoms. The predicted octanol–water partition coefficient (Wildman–Crippen LogP) is 3.89. The predicted molar refractivity (Wildman–Crippen MR) is 81.5 cm³/mol. The summed E-state index contributed by atoms with van der Waals surface area (Å²) < 4.78 is 0. The Labute approximate surface area is 125 Å². The molecule has 0 unspecified atom stereocenters. The van der Waals surface area contributed by atoms with Gasteiger partial charge in [0.05, 0.1) is 6.54 Å². The molecule has 4 fully saturated rings. The van der Waals surface area contributed by atoms with Crippen LogP contribution in [0.3, 0.4) is 0 Å². The van der Waals surface area contributed by atoms with E-state index >= 15 is 0 Å². The summed E-state index contributed by atoms with van der Waals surface area (Å²) in [5, 5.41) is 5.40. The second-order valence-electron chi connectivity index (χ2n) is 7.47. The van der Waals surface area contributed by atoms with Gasteiger partial charge in [0.1, 0.15) is 0 Å². The largest absolute Gasteiger partial charge is 0.351 e. The average molecular weight is 289 g/mol. The zero-order valence-electron chi connectivity index (χ0n) is 12.2. The van der Waals surface area contributed by atoms with E-state index in [-0.39, 0.29) is 5.41 Å². The Kier molecular flexibility index (Phi) is 2.95. The van der Waals surface area contributed by atoms with Crippen molar-refractivity contribution in [2.75, 3.05) is 0 Å². The van der Waals surface area contributed by atoms with Crippen LogP contribution in [0.1, 0.15) is 49.0 Å². The summed E-state index contributed by atoms with van der Waals surface area (Å²) in [6.07, 6.45) is 7.68. The van der Waals surface area contributed by atoms with Crippen molar-refractivity contribution in [1.29, 1.82) is 0 Å². The zero-order chi connectivity index (χ0) is 13.7. The number of amides is 1. The Morgan fingerprint density at radius 3 is 2.35 bits per heavy atom. The fourth-order valence-electron chi connectivity index (χ4n) is 5.33. The molecule has 1 N–H and O–H groups in total. The number of carbonyl (C=O) groups excluding carboxylic acids is 1. The van der Waals surface area contributed by atoms with E-state index in [1.165, 1.54) is 29.7 Å². The molecule has 1 aromatic heterocycles. The maximum absolute atomic E-state index is 12.8. The van der Waals surface area contributed by atoms with E-state index in [0.717, 1.165) is 43.6 Å². The summed E-state index contributed by atoms with van der Waals surface area (Å²) in [5.74, 6) is 2.88. The van der Waals surface area contributed by atoms with Crippen LogP contribution in [0.2, 0.25) is 0 Å². The van der Waals surface area contributed by atoms with E-state index in [9.17, 15) is 4.79 Å². The normalized spacial score (nSPS) is 38.1. The quantitative estimate of drug-likeness (QED) is 0.898. The highest BCUT2D eigenvalue weighted by atomic mass is 32.1. The topological polar surface area (TPSA) is 29.1 Å². The third-order valence-corrected chi connectivity index (χ3v) is 6.78. The molecule has 0 aliphatic heterocycles. The molecule has 0 aromatic carbocycles. The summed E-state index contributed by atoms with van der Waals surface area (Å²) in [6.45, 7) is 2.83. The van der Waals surface area contributed by atoms with Gasteiger partial charge in [0.2, 0.25) is 5.91 Å². The maximum Gasteiger partial charge on any atom is 0.226 e. The Balaban J connectivity index is 1.45. The van der Waals surface area contributed by atoms with E-state index in [0.29, 0.717) is 5.91 Å². The van der Waals surface area contributed by atoms with Crippen molar-refractivity contribution in [3.05, 3.63) is 21.9 Å². The summed E-state index contributed by atoms with van der Waals surface area (Å²) in [4.78, 5) is 14.0. The van der Waals surface area contributed by atoms with Gasteiger partial charge < -0.3 is 5.32 Å². The SMILES string of the molecule is Cc1csc(CNC(=O)C23CC4CC(CC(C4)C2)C3)c1. The van der Waals surface area contributed by atoms with Gasteiger partial charge in [-0.15, -0.1) is 11.3 Å². The third-order valence-electron chi connectivity index (χ3n) is 5.73. The highest BCUT2D eigenvalue weighted by Crippen LogP contribution is 2.60. The molecular formula is C17H23NOS. The van der Waals surface area contributed by atoms with Gasteiger partial charge in [0.15, 0.2) is 0 Å². The van der Waals surface area contributed by atoms with E-state index < -0.39 is 0 Å². The minimum atomic E-state index is 0.00105. The summed E-state index contributed by atoms with van der Waals surface area (Å²) in [6, 6.07) is 2.19. The lowest BCUT2D eigenvalue weighted by Gasteiger charge is -2.55. The van der Waals surface area contributed by atoms with Crippen molar-refractivity contribution in [1.82, 2.24) is 5.32 Å². The van der Waals surface area contributed by atoms with Gasteiger partial charge in [-0.25, -0.2) is 0 Å². The van der Waals surface area contributed by atoms with Gasteiger partial charge >= 0.3 is 0 Å². The Morgan fingerprint density at radius 2 is 1.85 bits per heavy atom. The molecule has 108 valence electrons. The molecule has 4 aliphatic carbocycles. The molecule has 3 heteroatoms. The van der Waals surface area contributed by atoms with Crippen LogP contribution in [-0.4, -0.2) is 5.91 Å². The smallest absolute Gasteiger partial charge is 0.226 e. The van der Waals surface area contributed by atoms with Gasteiger partial charge in [-0.05, 0) is 80.2 Å². The molecule has 5 rings (SSSR count). The summed E-state index contributed by atoms with van der Waals surface area (Å²) in [7, 11) is 0. The van der Waals surface area contributed by atoms with Gasteiger partial charge in [-0.1, -0.05) is 0 Å². The first-order chi connectivity index (χ1) is 9.63. The highest BCUT2D eigenvalue weighted by molar-refractivity contribution is 7.10. The molecule has 0 saturated heterocycles. The van der Waals surface area contributed by atoms with Crippen molar-refractivity contribution in [2.45, 2.75) is 52.0 Å². The van der Waals surface area contributed by atoms with Gasteiger partial charge in [0.25, 0.3) is 0 Å². The van der Waals surface area contributed by atoms with E-state index in [1.54, 1.807) is 11.3 Å². The number of nitrogens with one attached hydrogen (secondary N) is 1. The Hall–Kier alpha value is -0.830. The number of rotatable bonds is 3. The maximum atomic E-state index is 12.8. The minimum absolute atomic E-state index is 0.00105. The third kappa shape index (κ3) is 2.11. The number of hydrogen-bond acceptors (Lipinski definition) is 2. The fraction of sp³-hybridized carbons (Fsp3) is 0.706. The molecule has 4 bridgehead atoms. The summed E-state index contributed by atoms with van der Waals surface area (Å²) >= 11 is 1.75. The van der Waals surface area contributed by atoms with Crippen molar-refractivity contribution in [3.8, 4) is 0 Å². The van der Waals surface area contributed by atoms with E-state index in [2.05, 4.69) is 23.7 Å². The van der Waals surface area contributed by atoms with Crippen LogP contribution in [0, 0.1) is 30.1 Å². The van der Waals surface area contributed by atoms with E-state index in [4.69, 9.17) is 0 Å². The van der Waals surface area contributed by atoms with Crippen LogP contribution in [0.25, 0.3) is 0 Å². The molecule has 1 aromatic rings. The van der Waals surface area contributed by atoms with Gasteiger partial charge in [-0.3, -0.25) is 4.79 Å². The second kappa shape index (κ2) is 4.59. The van der Waals surface area contributed by atoms with Crippen LogP contribution >= 0.6 is 11.3 Å². The standard InChI is InChI=1S/C17H23NOS/c1-11-2-15(20-10-11)9-18-16(19)17-6-12-3-13(7-17)5-14(4-12)8-17/h2,10,12-14H,3-9H2,1H3,(H,18,19). The monoisotopic (exact) mass is 289 g/mol. The molecule has 4 saturated carbocycles. The van der Waals surface area contributed by atoms with Crippen molar-refractivity contribution < 1.29 is 4.79 Å². The highest BCUT2D eigenvalue weighted by Gasteiger charge is 2.54. The molecule has 1 heterocycles. The van der Waals surface area contributed by atoms with Crippen LogP contribution in [0.4, 0.5) is 0 Å². The van der Waals surface area contributed by atoms with Gasteiger partial charge in [0, 0.05) is 10.3 Å². The molecule has 20 heavy (non-hydrogen) atoms. The number of carbonyl (C=O) groups is 1. The first-order valence-electron chi connectivity index (χ1n) is 7.95. The lowest BCUT2D eigenvalue weighted by atomic mass is 9.49. The van der Waals surface area contributed by atoms with Crippen LogP contribution in [0.5, 0.6) is 0 Å².